The zero-order valence-corrected chi connectivity index (χ0v) is 18.0. The maximum Gasteiger partial charge on any atom is 0.204 e. The summed E-state index contributed by atoms with van der Waals surface area (Å²) in [6.45, 7) is 10.2. The number of carbonyl (C=O) groups is 1. The molecule has 0 bridgehead atoms. The number of hydrogen-bond donors (Lipinski definition) is 0. The van der Waals surface area contributed by atoms with Crippen LogP contribution in [0.1, 0.15) is 45.7 Å². The average Bonchev–Trinajstić information content (AvgIpc) is 2.89. The maximum absolute atomic E-state index is 12.2. The van der Waals surface area contributed by atoms with Crippen molar-refractivity contribution in [2.75, 3.05) is 7.05 Å². The number of rotatable bonds is 6. The summed E-state index contributed by atoms with van der Waals surface area (Å²) in [4.78, 5) is 12.2. The topological polar surface area (TPSA) is 58.6 Å². The van der Waals surface area contributed by atoms with Gasteiger partial charge in [-0.05, 0) is 52.3 Å². The van der Waals surface area contributed by atoms with Crippen molar-refractivity contribution < 1.29 is 19.4 Å². The Balaban J connectivity index is 2.08. The SMILES string of the molecule is CC(C)OC1=C(C(=O)[O-])[N+](C)(C(C)(C)C)c2ccc(OCc3ccccc3)cc21. The molecule has 0 aliphatic carbocycles. The predicted molar refractivity (Wildman–Crippen MR) is 113 cm³/mol. The second-order valence-electron chi connectivity index (χ2n) is 8.76. The largest absolute Gasteiger partial charge is 0.540 e. The van der Waals surface area contributed by atoms with Crippen molar-refractivity contribution in [2.45, 2.75) is 52.9 Å². The van der Waals surface area contributed by atoms with Gasteiger partial charge >= 0.3 is 0 Å². The van der Waals surface area contributed by atoms with Crippen LogP contribution in [-0.2, 0) is 16.1 Å². The monoisotopic (exact) mass is 395 g/mol. The minimum atomic E-state index is -1.22. The second-order valence-corrected chi connectivity index (χ2v) is 8.76. The molecule has 0 saturated carbocycles. The van der Waals surface area contributed by atoms with Gasteiger partial charge in [0.1, 0.15) is 24.0 Å². The number of likely N-dealkylation sites (N-methyl/N-ethyl adjacent to an activating group) is 1. The summed E-state index contributed by atoms with van der Waals surface area (Å²) in [5.74, 6) is -0.198. The first-order valence-corrected chi connectivity index (χ1v) is 9.87. The number of fused-ring (bicyclic) bond motifs is 1. The Kier molecular flexibility index (Phi) is 5.46. The molecule has 29 heavy (non-hydrogen) atoms. The molecule has 5 heteroatoms. The molecular formula is C24H29NO4. The molecule has 2 aromatic carbocycles. The highest BCUT2D eigenvalue weighted by molar-refractivity contribution is 6.02. The highest BCUT2D eigenvalue weighted by Crippen LogP contribution is 2.50. The summed E-state index contributed by atoms with van der Waals surface area (Å²) in [5, 5.41) is 12.2. The van der Waals surface area contributed by atoms with Crippen LogP contribution in [0.25, 0.3) is 5.76 Å². The molecule has 0 N–H and O–H groups in total. The fourth-order valence-corrected chi connectivity index (χ4v) is 3.70. The number of hydrogen-bond acceptors (Lipinski definition) is 4. The molecule has 1 atom stereocenters. The third-order valence-electron chi connectivity index (χ3n) is 5.49. The zero-order valence-electron chi connectivity index (χ0n) is 18.0. The van der Waals surface area contributed by atoms with Crippen LogP contribution >= 0.6 is 0 Å². The van der Waals surface area contributed by atoms with Crippen LogP contribution in [0.5, 0.6) is 5.75 Å². The van der Waals surface area contributed by atoms with E-state index in [0.29, 0.717) is 18.1 Å². The van der Waals surface area contributed by atoms with Gasteiger partial charge in [-0.3, -0.25) is 4.48 Å². The molecule has 0 spiro atoms. The summed E-state index contributed by atoms with van der Waals surface area (Å²) in [6.07, 6.45) is -0.174. The van der Waals surface area contributed by atoms with Gasteiger partial charge in [0.2, 0.25) is 5.70 Å². The van der Waals surface area contributed by atoms with Crippen molar-refractivity contribution in [1.29, 1.82) is 0 Å². The molecule has 1 aliphatic rings. The van der Waals surface area contributed by atoms with Crippen molar-refractivity contribution in [1.82, 2.24) is 4.48 Å². The quantitative estimate of drug-likeness (QED) is 0.697. The number of aliphatic carboxylic acids is 1. The van der Waals surface area contributed by atoms with Crippen molar-refractivity contribution in [3.8, 4) is 5.75 Å². The van der Waals surface area contributed by atoms with Gasteiger partial charge in [-0.1, -0.05) is 30.3 Å². The fraction of sp³-hybridized carbons (Fsp3) is 0.375. The number of carbonyl (C=O) groups excluding carboxylic acids is 1. The van der Waals surface area contributed by atoms with Crippen LogP contribution in [0.15, 0.2) is 54.2 Å². The van der Waals surface area contributed by atoms with Gasteiger partial charge in [0, 0.05) is 6.07 Å². The predicted octanol–water partition coefficient (Wildman–Crippen LogP) is 3.86. The van der Waals surface area contributed by atoms with E-state index in [4.69, 9.17) is 9.47 Å². The number of quaternary nitrogens is 1. The van der Waals surface area contributed by atoms with Gasteiger partial charge in [-0.15, -0.1) is 0 Å². The van der Waals surface area contributed by atoms with Gasteiger partial charge in [0.25, 0.3) is 0 Å². The first kappa shape index (κ1) is 20.9. The van der Waals surface area contributed by atoms with Gasteiger partial charge in [-0.2, -0.15) is 0 Å². The van der Waals surface area contributed by atoms with Crippen LogP contribution in [0.3, 0.4) is 0 Å². The summed E-state index contributed by atoms with van der Waals surface area (Å²) < 4.78 is 12.1. The lowest BCUT2D eigenvalue weighted by Gasteiger charge is -2.43. The number of ether oxygens (including phenoxy) is 2. The molecule has 5 nitrogen and oxygen atoms in total. The highest BCUT2D eigenvalue weighted by atomic mass is 16.5. The summed E-state index contributed by atoms with van der Waals surface area (Å²) >= 11 is 0. The molecule has 1 aliphatic heterocycles. The lowest BCUT2D eigenvalue weighted by molar-refractivity contribution is -0.301. The minimum absolute atomic E-state index is 0.0890. The van der Waals surface area contributed by atoms with Gasteiger partial charge < -0.3 is 19.4 Å². The molecule has 0 amide bonds. The minimum Gasteiger partial charge on any atom is -0.540 e. The van der Waals surface area contributed by atoms with Crippen LogP contribution in [-0.4, -0.2) is 24.7 Å². The summed E-state index contributed by atoms with van der Waals surface area (Å²) in [5.41, 5.74) is 2.38. The van der Waals surface area contributed by atoms with Crippen molar-refractivity contribution in [3.05, 3.63) is 65.4 Å². The van der Waals surface area contributed by atoms with E-state index < -0.39 is 11.5 Å². The van der Waals surface area contributed by atoms with Crippen LogP contribution in [0.2, 0.25) is 0 Å². The van der Waals surface area contributed by atoms with E-state index >= 15 is 0 Å². The molecule has 0 saturated heterocycles. The van der Waals surface area contributed by atoms with Crippen molar-refractivity contribution >= 4 is 17.4 Å². The van der Waals surface area contributed by atoms with E-state index in [2.05, 4.69) is 0 Å². The molecule has 0 aromatic heterocycles. The Bertz CT molecular complexity index is 941. The Morgan fingerprint density at radius 1 is 1.10 bits per heavy atom. The zero-order chi connectivity index (χ0) is 21.4. The molecular weight excluding hydrogens is 366 g/mol. The first-order chi connectivity index (χ1) is 13.6. The number of nitrogens with zero attached hydrogens (tertiary/aromatic N) is 1. The summed E-state index contributed by atoms with van der Waals surface area (Å²) in [6, 6.07) is 15.6. The third-order valence-corrected chi connectivity index (χ3v) is 5.49. The van der Waals surface area contributed by atoms with Gasteiger partial charge in [-0.25, -0.2) is 0 Å². The Hall–Kier alpha value is -2.79. The lowest BCUT2D eigenvalue weighted by atomic mass is 10.0. The normalized spacial score (nSPS) is 18.7. The molecule has 154 valence electrons. The van der Waals surface area contributed by atoms with Crippen LogP contribution in [0.4, 0.5) is 5.69 Å². The Morgan fingerprint density at radius 3 is 2.31 bits per heavy atom. The third kappa shape index (κ3) is 3.75. The van der Waals surface area contributed by atoms with E-state index in [0.717, 1.165) is 16.8 Å². The maximum atomic E-state index is 12.2. The number of benzene rings is 2. The summed E-state index contributed by atoms with van der Waals surface area (Å²) in [7, 11) is 1.89. The van der Waals surface area contributed by atoms with E-state index in [1.807, 2.05) is 90.2 Å². The lowest BCUT2D eigenvalue weighted by Crippen LogP contribution is -2.60. The fourth-order valence-electron chi connectivity index (χ4n) is 3.70. The molecule has 3 rings (SSSR count). The highest BCUT2D eigenvalue weighted by Gasteiger charge is 2.52. The molecule has 1 heterocycles. The van der Waals surface area contributed by atoms with Crippen molar-refractivity contribution in [2.24, 2.45) is 0 Å². The van der Waals surface area contributed by atoms with Gasteiger partial charge in [0.05, 0.1) is 24.3 Å². The van der Waals surface area contributed by atoms with Crippen molar-refractivity contribution in [3.63, 3.8) is 0 Å². The first-order valence-electron chi connectivity index (χ1n) is 9.87. The van der Waals surface area contributed by atoms with E-state index in [1.165, 1.54) is 0 Å². The van der Waals surface area contributed by atoms with Crippen LogP contribution < -0.4 is 14.3 Å². The number of carboxylic acids is 1. The molecule has 1 unspecified atom stereocenters. The standard InChI is InChI=1S/C24H29NO4/c1-16(2)29-22-19-14-18(28-15-17-10-8-7-9-11-17)12-13-20(19)25(6,24(3,4)5)21(22)23(26)27/h7-14,16H,15H2,1-6H3. The van der Waals surface area contributed by atoms with E-state index in [-0.39, 0.29) is 16.3 Å². The molecule has 0 fully saturated rings. The van der Waals surface area contributed by atoms with Crippen LogP contribution in [0, 0.1) is 0 Å². The second kappa shape index (κ2) is 7.56. The Morgan fingerprint density at radius 2 is 1.76 bits per heavy atom. The van der Waals surface area contributed by atoms with Gasteiger partial charge in [0.15, 0.2) is 5.76 Å². The Labute approximate surface area is 172 Å². The van der Waals surface area contributed by atoms with E-state index in [9.17, 15) is 9.90 Å². The molecule has 2 aromatic rings. The smallest absolute Gasteiger partial charge is 0.204 e. The van der Waals surface area contributed by atoms with E-state index in [1.54, 1.807) is 0 Å². The average molecular weight is 395 g/mol. The molecule has 0 radical (unpaired) electrons. The number of carboxylic acid groups (broad SMARTS) is 1.